The molecule has 0 atom stereocenters. The smallest absolute Gasteiger partial charge is 0.140 e. The van der Waals surface area contributed by atoms with Crippen molar-refractivity contribution in [3.05, 3.63) is 45.7 Å². The molecule has 2 N–H and O–H groups in total. The van der Waals surface area contributed by atoms with E-state index in [4.69, 9.17) is 10.5 Å². The highest BCUT2D eigenvalue weighted by molar-refractivity contribution is 7.09. The minimum absolute atomic E-state index is 0.0348. The van der Waals surface area contributed by atoms with E-state index in [2.05, 4.69) is 25.8 Å². The largest absolute Gasteiger partial charge is 0.486 e. The van der Waals surface area contributed by atoms with Crippen molar-refractivity contribution in [1.29, 1.82) is 0 Å². The highest BCUT2D eigenvalue weighted by Crippen LogP contribution is 2.25. The van der Waals surface area contributed by atoms with Gasteiger partial charge in [0.25, 0.3) is 0 Å². The lowest BCUT2D eigenvalue weighted by molar-refractivity contribution is 0.301. The maximum Gasteiger partial charge on any atom is 0.140 e. The fourth-order valence-electron chi connectivity index (χ4n) is 1.71. The van der Waals surface area contributed by atoms with Crippen molar-refractivity contribution in [1.82, 2.24) is 4.98 Å². The van der Waals surface area contributed by atoms with Gasteiger partial charge in [0, 0.05) is 22.9 Å². The van der Waals surface area contributed by atoms with Gasteiger partial charge in [-0.25, -0.2) is 9.37 Å². The Morgan fingerprint density at radius 3 is 2.70 bits per heavy atom. The molecule has 0 saturated heterocycles. The third kappa shape index (κ3) is 3.55. The molecule has 1 heterocycles. The number of aromatic nitrogens is 1. The Hall–Kier alpha value is -1.46. The van der Waals surface area contributed by atoms with Crippen LogP contribution in [0.3, 0.4) is 0 Å². The molecule has 108 valence electrons. The predicted octanol–water partition coefficient (Wildman–Crippen LogP) is 3.62. The van der Waals surface area contributed by atoms with Crippen molar-refractivity contribution in [3.63, 3.8) is 0 Å². The lowest BCUT2D eigenvalue weighted by Crippen LogP contribution is -2.11. The number of thiazole rings is 1. The van der Waals surface area contributed by atoms with Gasteiger partial charge in [0.1, 0.15) is 23.2 Å². The fourth-order valence-corrected chi connectivity index (χ4v) is 2.64. The van der Waals surface area contributed by atoms with E-state index in [9.17, 15) is 4.39 Å². The van der Waals surface area contributed by atoms with Crippen LogP contribution in [0.15, 0.2) is 23.6 Å². The molecule has 20 heavy (non-hydrogen) atoms. The summed E-state index contributed by atoms with van der Waals surface area (Å²) in [6.07, 6.45) is 0. The van der Waals surface area contributed by atoms with Crippen LogP contribution in [0.25, 0.3) is 0 Å². The van der Waals surface area contributed by atoms with Crippen molar-refractivity contribution in [2.75, 3.05) is 0 Å². The number of nitrogens with two attached hydrogens (primary N) is 1. The highest BCUT2D eigenvalue weighted by Gasteiger charge is 2.17. The van der Waals surface area contributed by atoms with Crippen LogP contribution in [0.5, 0.6) is 5.75 Å². The summed E-state index contributed by atoms with van der Waals surface area (Å²) in [7, 11) is 0. The van der Waals surface area contributed by atoms with Crippen molar-refractivity contribution >= 4 is 11.3 Å². The van der Waals surface area contributed by atoms with Crippen molar-refractivity contribution in [2.24, 2.45) is 5.73 Å². The SMILES string of the molecule is CC(C)(C)c1csc(COc2ccc(F)cc2CN)n1. The van der Waals surface area contributed by atoms with Crippen molar-refractivity contribution < 1.29 is 9.13 Å². The number of nitrogens with zero attached hydrogens (tertiary/aromatic N) is 1. The maximum atomic E-state index is 13.1. The van der Waals surface area contributed by atoms with Crippen molar-refractivity contribution in [3.8, 4) is 5.75 Å². The molecule has 0 amide bonds. The van der Waals surface area contributed by atoms with Crippen LogP contribution in [0.4, 0.5) is 4.39 Å². The lowest BCUT2D eigenvalue weighted by Gasteiger charge is -2.14. The van der Waals surface area contributed by atoms with Crippen LogP contribution in [0.1, 0.15) is 37.0 Å². The van der Waals surface area contributed by atoms with E-state index < -0.39 is 0 Å². The molecular weight excluding hydrogens is 275 g/mol. The van der Waals surface area contributed by atoms with Crippen molar-refractivity contribution in [2.45, 2.75) is 39.3 Å². The molecule has 1 aromatic heterocycles. The summed E-state index contributed by atoms with van der Waals surface area (Å²) in [5, 5.41) is 2.95. The monoisotopic (exact) mass is 294 g/mol. The van der Waals surface area contributed by atoms with Gasteiger partial charge in [-0.05, 0) is 18.2 Å². The third-order valence-electron chi connectivity index (χ3n) is 2.91. The molecule has 0 radical (unpaired) electrons. The molecule has 0 unspecified atom stereocenters. The summed E-state index contributed by atoms with van der Waals surface area (Å²) in [5.74, 6) is 0.309. The Labute approximate surface area is 122 Å². The van der Waals surface area contributed by atoms with Gasteiger partial charge >= 0.3 is 0 Å². The first-order valence-corrected chi connectivity index (χ1v) is 7.34. The Morgan fingerprint density at radius 1 is 1.35 bits per heavy atom. The molecule has 1 aromatic carbocycles. The summed E-state index contributed by atoms with van der Waals surface area (Å²) in [6, 6.07) is 4.38. The molecular formula is C15H19FN2OS. The zero-order valence-corrected chi connectivity index (χ0v) is 12.8. The minimum atomic E-state index is -0.304. The average molecular weight is 294 g/mol. The van der Waals surface area contributed by atoms with E-state index >= 15 is 0 Å². The van der Waals surface area contributed by atoms with Crippen LogP contribution in [0, 0.1) is 5.82 Å². The Balaban J connectivity index is 2.07. The first kappa shape index (κ1) is 14.9. The Bertz CT molecular complexity index is 590. The van der Waals surface area contributed by atoms with Crippen LogP contribution in [0.2, 0.25) is 0 Å². The van der Waals surface area contributed by atoms with Crippen LogP contribution >= 0.6 is 11.3 Å². The molecule has 0 spiro atoms. The summed E-state index contributed by atoms with van der Waals surface area (Å²) >= 11 is 1.57. The van der Waals surface area contributed by atoms with E-state index in [1.807, 2.05) is 5.38 Å². The first-order chi connectivity index (χ1) is 9.40. The fraction of sp³-hybridized carbons (Fsp3) is 0.400. The van der Waals surface area contributed by atoms with Gasteiger partial charge in [-0.2, -0.15) is 0 Å². The molecule has 2 aromatic rings. The number of halogens is 1. The summed E-state index contributed by atoms with van der Waals surface area (Å²) in [5.41, 5.74) is 7.34. The second-order valence-electron chi connectivity index (χ2n) is 5.62. The summed E-state index contributed by atoms with van der Waals surface area (Å²) < 4.78 is 18.8. The second kappa shape index (κ2) is 5.89. The van der Waals surface area contributed by atoms with Gasteiger partial charge in [-0.1, -0.05) is 20.8 Å². The Morgan fingerprint density at radius 2 is 2.10 bits per heavy atom. The molecule has 0 saturated carbocycles. The maximum absolute atomic E-state index is 13.1. The molecule has 0 aliphatic carbocycles. The number of hydrogen-bond donors (Lipinski definition) is 1. The van der Waals surface area contributed by atoms with Gasteiger partial charge in [-0.15, -0.1) is 11.3 Å². The van der Waals surface area contributed by atoms with Crippen LogP contribution in [-0.4, -0.2) is 4.98 Å². The average Bonchev–Trinajstić information content (AvgIpc) is 2.86. The molecule has 0 bridgehead atoms. The van der Waals surface area contributed by atoms with E-state index in [0.29, 0.717) is 17.9 Å². The number of rotatable bonds is 4. The zero-order valence-electron chi connectivity index (χ0n) is 11.9. The topological polar surface area (TPSA) is 48.1 Å². The normalized spacial score (nSPS) is 11.7. The molecule has 0 fully saturated rings. The van der Waals surface area contributed by atoms with Gasteiger partial charge in [0.15, 0.2) is 0 Å². The van der Waals surface area contributed by atoms with Gasteiger partial charge in [0.05, 0.1) is 5.69 Å². The van der Waals surface area contributed by atoms with Crippen LogP contribution < -0.4 is 10.5 Å². The quantitative estimate of drug-likeness (QED) is 0.937. The minimum Gasteiger partial charge on any atom is -0.486 e. The van der Waals surface area contributed by atoms with E-state index in [1.54, 1.807) is 17.4 Å². The lowest BCUT2D eigenvalue weighted by atomic mass is 9.93. The van der Waals surface area contributed by atoms with E-state index in [-0.39, 0.29) is 17.8 Å². The molecule has 0 aliphatic rings. The Kier molecular flexibility index (Phi) is 4.40. The van der Waals surface area contributed by atoms with Gasteiger partial charge in [-0.3, -0.25) is 0 Å². The molecule has 0 aliphatic heterocycles. The number of benzene rings is 1. The third-order valence-corrected chi connectivity index (χ3v) is 3.74. The number of ether oxygens (including phenoxy) is 1. The summed E-state index contributed by atoms with van der Waals surface area (Å²) in [4.78, 5) is 4.56. The van der Waals surface area contributed by atoms with E-state index in [1.165, 1.54) is 12.1 Å². The molecule has 2 rings (SSSR count). The molecule has 3 nitrogen and oxygen atoms in total. The first-order valence-electron chi connectivity index (χ1n) is 6.46. The summed E-state index contributed by atoms with van der Waals surface area (Å²) in [6.45, 7) is 7.00. The number of hydrogen-bond acceptors (Lipinski definition) is 4. The second-order valence-corrected chi connectivity index (χ2v) is 6.56. The van der Waals surface area contributed by atoms with Crippen LogP contribution in [-0.2, 0) is 18.6 Å². The predicted molar refractivity (Wildman–Crippen MR) is 79.4 cm³/mol. The highest BCUT2D eigenvalue weighted by atomic mass is 32.1. The van der Waals surface area contributed by atoms with Gasteiger partial charge < -0.3 is 10.5 Å². The molecule has 5 heteroatoms. The zero-order chi connectivity index (χ0) is 14.8. The van der Waals surface area contributed by atoms with Gasteiger partial charge in [0.2, 0.25) is 0 Å². The van der Waals surface area contributed by atoms with E-state index in [0.717, 1.165) is 10.7 Å². The standard InChI is InChI=1S/C15H19FN2OS/c1-15(2,3)13-9-20-14(18-13)8-19-12-5-4-11(16)6-10(12)7-17/h4-6,9H,7-8,17H2,1-3H3.